The summed E-state index contributed by atoms with van der Waals surface area (Å²) in [5.74, 6) is -0.230. The standard InChI is InChI=1S/C24H22FN5S2/c1-14-12-17(7-8-19(14)25)30-22(21(28-23(30)31)20-6-4-5-9-26-20)18-13-15(2)29(16(18)3)24-27-10-11-32-24/h4-13,21-22H,1-3H3,(H,28,31)/t21-,22+/m0/s1. The minimum Gasteiger partial charge on any atom is -0.351 e. The first-order valence-electron chi connectivity index (χ1n) is 10.3. The van der Waals surface area contributed by atoms with Gasteiger partial charge in [0.05, 0.1) is 17.8 Å². The number of thiazole rings is 1. The Morgan fingerprint density at radius 1 is 1.06 bits per heavy atom. The first-order chi connectivity index (χ1) is 15.5. The van der Waals surface area contributed by atoms with Crippen LogP contribution in [0.3, 0.4) is 0 Å². The molecule has 0 unspecified atom stereocenters. The highest BCUT2D eigenvalue weighted by molar-refractivity contribution is 7.80. The monoisotopic (exact) mass is 463 g/mol. The lowest BCUT2D eigenvalue weighted by Crippen LogP contribution is -2.29. The third kappa shape index (κ3) is 3.40. The van der Waals surface area contributed by atoms with Crippen LogP contribution in [0.5, 0.6) is 0 Å². The second-order valence-electron chi connectivity index (χ2n) is 7.91. The van der Waals surface area contributed by atoms with Crippen molar-refractivity contribution < 1.29 is 4.39 Å². The van der Waals surface area contributed by atoms with Crippen LogP contribution in [0, 0.1) is 26.6 Å². The number of benzene rings is 1. The number of anilines is 1. The Kier molecular flexibility index (Phi) is 5.27. The molecule has 1 N–H and O–H groups in total. The summed E-state index contributed by atoms with van der Waals surface area (Å²) in [6, 6.07) is 12.9. The normalized spacial score (nSPS) is 18.2. The number of aromatic nitrogens is 3. The van der Waals surface area contributed by atoms with E-state index in [1.54, 1.807) is 30.5 Å². The number of hydrogen-bond donors (Lipinski definition) is 1. The number of halogens is 1. The summed E-state index contributed by atoms with van der Waals surface area (Å²) in [4.78, 5) is 11.2. The molecule has 0 spiro atoms. The van der Waals surface area contributed by atoms with Crippen molar-refractivity contribution in [2.24, 2.45) is 0 Å². The highest BCUT2D eigenvalue weighted by Gasteiger charge is 2.42. The van der Waals surface area contributed by atoms with E-state index >= 15 is 0 Å². The lowest BCUT2D eigenvalue weighted by atomic mass is 9.96. The van der Waals surface area contributed by atoms with Crippen molar-refractivity contribution in [2.75, 3.05) is 4.90 Å². The van der Waals surface area contributed by atoms with E-state index in [9.17, 15) is 4.39 Å². The van der Waals surface area contributed by atoms with Crippen LogP contribution in [0.1, 0.15) is 40.3 Å². The van der Waals surface area contributed by atoms with Crippen molar-refractivity contribution in [3.05, 3.63) is 94.3 Å². The number of pyridine rings is 1. The fourth-order valence-electron chi connectivity index (χ4n) is 4.44. The molecule has 4 heterocycles. The van der Waals surface area contributed by atoms with Gasteiger partial charge in [0.15, 0.2) is 10.2 Å². The zero-order valence-corrected chi connectivity index (χ0v) is 19.5. The predicted octanol–water partition coefficient (Wildman–Crippen LogP) is 5.57. The number of aryl methyl sites for hydroxylation is 2. The summed E-state index contributed by atoms with van der Waals surface area (Å²) in [7, 11) is 0. The first-order valence-corrected chi connectivity index (χ1v) is 11.6. The molecule has 1 aliphatic heterocycles. The van der Waals surface area contributed by atoms with Gasteiger partial charge < -0.3 is 10.2 Å². The van der Waals surface area contributed by atoms with Gasteiger partial charge in [0, 0.05) is 34.8 Å². The van der Waals surface area contributed by atoms with E-state index in [1.165, 1.54) is 6.07 Å². The van der Waals surface area contributed by atoms with Gasteiger partial charge in [-0.15, -0.1) is 11.3 Å². The van der Waals surface area contributed by atoms with Gasteiger partial charge in [-0.05, 0) is 80.5 Å². The van der Waals surface area contributed by atoms with Gasteiger partial charge in [0.2, 0.25) is 0 Å². The second kappa shape index (κ2) is 8.11. The smallest absolute Gasteiger partial charge is 0.193 e. The van der Waals surface area contributed by atoms with Crippen molar-refractivity contribution in [3.63, 3.8) is 0 Å². The summed E-state index contributed by atoms with van der Waals surface area (Å²) in [6.07, 6.45) is 3.61. The molecular formula is C24H22FN5S2. The number of rotatable bonds is 4. The maximum absolute atomic E-state index is 14.0. The molecule has 2 atom stereocenters. The maximum Gasteiger partial charge on any atom is 0.193 e. The fourth-order valence-corrected chi connectivity index (χ4v) is 5.53. The summed E-state index contributed by atoms with van der Waals surface area (Å²) < 4.78 is 16.2. The van der Waals surface area contributed by atoms with E-state index in [2.05, 4.69) is 44.7 Å². The molecule has 1 aliphatic rings. The molecule has 162 valence electrons. The number of nitrogens with one attached hydrogen (secondary N) is 1. The third-order valence-corrected chi connectivity index (χ3v) is 6.99. The van der Waals surface area contributed by atoms with Gasteiger partial charge in [-0.25, -0.2) is 9.37 Å². The van der Waals surface area contributed by atoms with E-state index < -0.39 is 0 Å². The van der Waals surface area contributed by atoms with Crippen LogP contribution in [0.25, 0.3) is 5.13 Å². The molecule has 0 saturated carbocycles. The average Bonchev–Trinajstić information content (AvgIpc) is 3.49. The van der Waals surface area contributed by atoms with Crippen LogP contribution >= 0.6 is 23.6 Å². The molecule has 0 amide bonds. The van der Waals surface area contributed by atoms with Gasteiger partial charge in [-0.2, -0.15) is 0 Å². The summed E-state index contributed by atoms with van der Waals surface area (Å²) >= 11 is 7.39. The highest BCUT2D eigenvalue weighted by Crippen LogP contribution is 2.44. The Labute approximate surface area is 195 Å². The van der Waals surface area contributed by atoms with Gasteiger partial charge in [0.25, 0.3) is 0 Å². The molecule has 8 heteroatoms. The van der Waals surface area contributed by atoms with Gasteiger partial charge in [-0.3, -0.25) is 9.55 Å². The Morgan fingerprint density at radius 2 is 1.91 bits per heavy atom. The molecule has 1 saturated heterocycles. The number of hydrogen-bond acceptors (Lipinski definition) is 4. The lowest BCUT2D eigenvalue weighted by molar-refractivity contribution is 0.564. The Balaban J connectivity index is 1.69. The first kappa shape index (κ1) is 20.8. The lowest BCUT2D eigenvalue weighted by Gasteiger charge is -2.28. The van der Waals surface area contributed by atoms with E-state index in [0.29, 0.717) is 10.7 Å². The quantitative estimate of drug-likeness (QED) is 0.401. The van der Waals surface area contributed by atoms with Crippen molar-refractivity contribution >= 4 is 34.4 Å². The zero-order valence-electron chi connectivity index (χ0n) is 17.9. The minimum absolute atomic E-state index is 0.151. The summed E-state index contributed by atoms with van der Waals surface area (Å²) in [5.41, 5.74) is 5.66. The molecule has 0 radical (unpaired) electrons. The van der Waals surface area contributed by atoms with Crippen LogP contribution in [0.2, 0.25) is 0 Å². The van der Waals surface area contributed by atoms with Crippen LogP contribution < -0.4 is 10.2 Å². The molecule has 3 aromatic heterocycles. The van der Waals surface area contributed by atoms with Gasteiger partial charge >= 0.3 is 0 Å². The zero-order chi connectivity index (χ0) is 22.4. The number of nitrogens with zero attached hydrogens (tertiary/aromatic N) is 4. The highest BCUT2D eigenvalue weighted by atomic mass is 32.1. The molecule has 5 rings (SSSR count). The van der Waals surface area contributed by atoms with E-state index in [4.69, 9.17) is 12.2 Å². The minimum atomic E-state index is -0.230. The van der Waals surface area contributed by atoms with Crippen LogP contribution in [-0.4, -0.2) is 19.6 Å². The van der Waals surface area contributed by atoms with Crippen LogP contribution in [0.15, 0.2) is 60.2 Å². The Hall–Kier alpha value is -3.10. The van der Waals surface area contributed by atoms with Crippen LogP contribution in [0.4, 0.5) is 10.1 Å². The van der Waals surface area contributed by atoms with E-state index in [0.717, 1.165) is 33.5 Å². The van der Waals surface area contributed by atoms with Crippen LogP contribution in [-0.2, 0) is 0 Å². The van der Waals surface area contributed by atoms with Gasteiger partial charge in [-0.1, -0.05) is 6.07 Å². The third-order valence-electron chi connectivity index (χ3n) is 5.92. The van der Waals surface area contributed by atoms with Crippen molar-refractivity contribution in [1.82, 2.24) is 19.9 Å². The van der Waals surface area contributed by atoms with Gasteiger partial charge in [0.1, 0.15) is 5.82 Å². The predicted molar refractivity (Wildman–Crippen MR) is 130 cm³/mol. The summed E-state index contributed by atoms with van der Waals surface area (Å²) in [5, 5.41) is 6.97. The Morgan fingerprint density at radius 3 is 2.59 bits per heavy atom. The molecule has 0 bridgehead atoms. The SMILES string of the molecule is Cc1cc(N2C(=S)N[C@@H](c3ccccn3)[C@H]2c2cc(C)n(-c3nccs3)c2C)ccc1F. The molecule has 32 heavy (non-hydrogen) atoms. The van der Waals surface area contributed by atoms with Crippen molar-refractivity contribution in [1.29, 1.82) is 0 Å². The largest absolute Gasteiger partial charge is 0.351 e. The molecular weight excluding hydrogens is 441 g/mol. The molecule has 1 fully saturated rings. The van der Waals surface area contributed by atoms with E-state index in [-0.39, 0.29) is 17.9 Å². The van der Waals surface area contributed by atoms with Crippen molar-refractivity contribution in [2.45, 2.75) is 32.9 Å². The summed E-state index contributed by atoms with van der Waals surface area (Å²) in [6.45, 7) is 5.96. The average molecular weight is 464 g/mol. The fraction of sp³-hybridized carbons (Fsp3) is 0.208. The molecule has 5 nitrogen and oxygen atoms in total. The Bertz CT molecular complexity index is 1280. The maximum atomic E-state index is 14.0. The van der Waals surface area contributed by atoms with Crippen molar-refractivity contribution in [3.8, 4) is 5.13 Å². The molecule has 1 aromatic carbocycles. The second-order valence-corrected chi connectivity index (χ2v) is 9.17. The topological polar surface area (TPSA) is 46.0 Å². The molecule has 4 aromatic rings. The van der Waals surface area contributed by atoms with E-state index in [1.807, 2.05) is 35.8 Å². The number of thiocarbonyl (C=S) groups is 1. The molecule has 0 aliphatic carbocycles.